The molecule has 2 aliphatic rings. The molecule has 4 aromatic carbocycles. The Bertz CT molecular complexity index is 1380. The first-order valence-corrected chi connectivity index (χ1v) is 12.7. The van der Waals surface area contributed by atoms with E-state index in [1.807, 2.05) is 62.4 Å². The van der Waals surface area contributed by atoms with Gasteiger partial charge in [-0.3, -0.25) is 0 Å². The summed E-state index contributed by atoms with van der Waals surface area (Å²) in [5, 5.41) is 20.3. The van der Waals surface area contributed by atoms with Crippen molar-refractivity contribution < 1.29 is 14.9 Å². The third-order valence-electron chi connectivity index (χ3n) is 7.17. The van der Waals surface area contributed by atoms with Gasteiger partial charge in [-0.25, -0.2) is 0 Å². The summed E-state index contributed by atoms with van der Waals surface area (Å²) in [6.45, 7) is 4.54. The van der Waals surface area contributed by atoms with E-state index in [1.165, 1.54) is 22.3 Å². The van der Waals surface area contributed by atoms with E-state index >= 15 is 0 Å². The van der Waals surface area contributed by atoms with E-state index in [2.05, 4.69) is 36.4 Å². The van der Waals surface area contributed by atoms with Gasteiger partial charge >= 0.3 is 0 Å². The van der Waals surface area contributed by atoms with Crippen LogP contribution in [0, 0.1) is 5.41 Å². The number of benzene rings is 4. The van der Waals surface area contributed by atoms with Crippen molar-refractivity contribution in [2.24, 2.45) is 5.41 Å². The summed E-state index contributed by atoms with van der Waals surface area (Å²) in [6, 6.07) is 29.8. The van der Waals surface area contributed by atoms with Crippen LogP contribution in [-0.2, 0) is 25.9 Å². The van der Waals surface area contributed by atoms with Crippen LogP contribution in [0.25, 0.3) is 11.6 Å². The summed E-state index contributed by atoms with van der Waals surface area (Å²) < 4.78 is 5.96. The second kappa shape index (κ2) is 9.94. The number of ether oxygens (including phenoxy) is 1. The lowest BCUT2D eigenvalue weighted by atomic mass is 9.77. The molecule has 0 fully saturated rings. The van der Waals surface area contributed by atoms with Crippen molar-refractivity contribution in [2.45, 2.75) is 39.7 Å². The van der Waals surface area contributed by atoms with E-state index in [1.54, 1.807) is 12.1 Å². The quantitative estimate of drug-likeness (QED) is 0.319. The highest BCUT2D eigenvalue weighted by atomic mass is 16.5. The van der Waals surface area contributed by atoms with E-state index < -0.39 is 0 Å². The summed E-state index contributed by atoms with van der Waals surface area (Å²) in [4.78, 5) is 0. The molecule has 1 atom stereocenters. The third-order valence-corrected chi connectivity index (χ3v) is 7.17. The molecule has 0 radical (unpaired) electrons. The van der Waals surface area contributed by atoms with Crippen LogP contribution < -0.4 is 4.74 Å². The van der Waals surface area contributed by atoms with Gasteiger partial charge in [0.1, 0.15) is 23.9 Å². The monoisotopic (exact) mass is 476 g/mol. The highest BCUT2D eigenvalue weighted by Crippen LogP contribution is 2.55. The zero-order valence-corrected chi connectivity index (χ0v) is 20.9. The van der Waals surface area contributed by atoms with Gasteiger partial charge in [-0.1, -0.05) is 74.5 Å². The SMILES string of the molecule is CC.Oc1ccc2c(c1)CC1(C2)Cc2ccc(O)cc2/C1=C\c1ccc(OCc2ccccc2)cc1. The molecule has 0 aliphatic heterocycles. The van der Waals surface area contributed by atoms with Crippen molar-refractivity contribution in [3.63, 3.8) is 0 Å². The van der Waals surface area contributed by atoms with Crippen LogP contribution in [0.15, 0.2) is 91.0 Å². The maximum Gasteiger partial charge on any atom is 0.119 e. The van der Waals surface area contributed by atoms with Gasteiger partial charge in [-0.2, -0.15) is 0 Å². The van der Waals surface area contributed by atoms with Gasteiger partial charge in [0, 0.05) is 5.41 Å². The molecule has 6 rings (SSSR count). The highest BCUT2D eigenvalue weighted by molar-refractivity contribution is 5.90. The zero-order valence-electron chi connectivity index (χ0n) is 20.9. The van der Waals surface area contributed by atoms with Gasteiger partial charge in [-0.05, 0) is 94.6 Å². The molecule has 182 valence electrons. The molecule has 0 saturated carbocycles. The molecule has 3 nitrogen and oxygen atoms in total. The van der Waals surface area contributed by atoms with Crippen molar-refractivity contribution >= 4 is 11.6 Å². The molecule has 2 aliphatic carbocycles. The van der Waals surface area contributed by atoms with Gasteiger partial charge < -0.3 is 14.9 Å². The number of hydrogen-bond donors (Lipinski definition) is 2. The van der Waals surface area contributed by atoms with E-state index in [4.69, 9.17) is 4.74 Å². The van der Waals surface area contributed by atoms with Crippen molar-refractivity contribution in [3.05, 3.63) is 124 Å². The summed E-state index contributed by atoms with van der Waals surface area (Å²) in [6.07, 6.45) is 5.01. The first kappa shape index (κ1) is 23.7. The number of phenolic OH excluding ortho intramolecular Hbond substituents is 2. The predicted molar refractivity (Wildman–Crippen MR) is 146 cm³/mol. The molecular formula is C33H32O3. The van der Waals surface area contributed by atoms with Crippen molar-refractivity contribution in [1.82, 2.24) is 0 Å². The Hall–Kier alpha value is -3.98. The molecule has 0 amide bonds. The number of fused-ring (bicyclic) bond motifs is 2. The summed E-state index contributed by atoms with van der Waals surface area (Å²) in [5.74, 6) is 1.45. The minimum atomic E-state index is -0.0608. The number of aromatic hydroxyl groups is 2. The molecule has 0 saturated heterocycles. The van der Waals surface area contributed by atoms with Gasteiger partial charge in [0.05, 0.1) is 0 Å². The molecule has 1 unspecified atom stereocenters. The van der Waals surface area contributed by atoms with E-state index in [-0.39, 0.29) is 5.41 Å². The standard InChI is InChI=1S/C31H26O3.C2H6/c32-26-10-8-23-17-31(19-25(23)15-26)18-24-9-11-27(33)16-29(24)30(31)14-21-6-12-28(13-7-21)34-20-22-4-2-1-3-5-22;1-2/h1-16,32-33H,17-20H2;1-2H3/b30-14+;. The van der Waals surface area contributed by atoms with Gasteiger partial charge in [0.25, 0.3) is 0 Å². The second-order valence-electron chi connectivity index (χ2n) is 9.51. The molecule has 2 N–H and O–H groups in total. The van der Waals surface area contributed by atoms with Gasteiger partial charge in [0.2, 0.25) is 0 Å². The number of phenols is 2. The second-order valence-corrected chi connectivity index (χ2v) is 9.51. The van der Waals surface area contributed by atoms with Crippen LogP contribution in [0.5, 0.6) is 17.2 Å². The molecule has 0 heterocycles. The molecule has 0 bridgehead atoms. The highest BCUT2D eigenvalue weighted by Gasteiger charge is 2.46. The van der Waals surface area contributed by atoms with Gasteiger partial charge in [-0.15, -0.1) is 0 Å². The van der Waals surface area contributed by atoms with Crippen LogP contribution in [0.4, 0.5) is 0 Å². The van der Waals surface area contributed by atoms with Crippen LogP contribution in [0.3, 0.4) is 0 Å². The van der Waals surface area contributed by atoms with Crippen molar-refractivity contribution in [1.29, 1.82) is 0 Å². The minimum Gasteiger partial charge on any atom is -0.508 e. The Balaban J connectivity index is 0.00000130. The van der Waals surface area contributed by atoms with Crippen molar-refractivity contribution in [2.75, 3.05) is 0 Å². The topological polar surface area (TPSA) is 49.7 Å². The summed E-state index contributed by atoms with van der Waals surface area (Å²) in [7, 11) is 0. The average Bonchev–Trinajstić information content (AvgIpc) is 3.41. The largest absolute Gasteiger partial charge is 0.508 e. The fourth-order valence-corrected chi connectivity index (χ4v) is 5.57. The number of hydrogen-bond acceptors (Lipinski definition) is 3. The smallest absolute Gasteiger partial charge is 0.119 e. The Morgan fingerprint density at radius 3 is 2.11 bits per heavy atom. The van der Waals surface area contributed by atoms with E-state index in [9.17, 15) is 10.2 Å². The Labute approximate surface area is 213 Å². The molecule has 36 heavy (non-hydrogen) atoms. The molecule has 1 spiro atoms. The van der Waals surface area contributed by atoms with E-state index in [0.29, 0.717) is 18.1 Å². The predicted octanol–water partition coefficient (Wildman–Crippen LogP) is 7.58. The zero-order chi connectivity index (χ0) is 25.1. The molecule has 4 aromatic rings. The maximum atomic E-state index is 10.2. The summed E-state index contributed by atoms with van der Waals surface area (Å²) in [5.41, 5.74) is 8.35. The maximum absolute atomic E-state index is 10.2. The Kier molecular flexibility index (Phi) is 6.56. The normalized spacial score (nSPS) is 18.4. The lowest BCUT2D eigenvalue weighted by Crippen LogP contribution is -2.20. The fourth-order valence-electron chi connectivity index (χ4n) is 5.57. The third kappa shape index (κ3) is 4.61. The lowest BCUT2D eigenvalue weighted by molar-refractivity contribution is 0.306. The Morgan fingerprint density at radius 2 is 1.36 bits per heavy atom. The van der Waals surface area contributed by atoms with Crippen molar-refractivity contribution in [3.8, 4) is 17.2 Å². The van der Waals surface area contributed by atoms with Crippen LogP contribution >= 0.6 is 0 Å². The fraction of sp³-hybridized carbons (Fsp3) is 0.212. The number of allylic oxidation sites excluding steroid dienone is 1. The first-order valence-electron chi connectivity index (χ1n) is 12.7. The average molecular weight is 477 g/mol. The van der Waals surface area contributed by atoms with Crippen LogP contribution in [-0.4, -0.2) is 10.2 Å². The number of rotatable bonds is 4. The van der Waals surface area contributed by atoms with Crippen LogP contribution in [0.2, 0.25) is 0 Å². The van der Waals surface area contributed by atoms with Crippen LogP contribution in [0.1, 0.15) is 47.2 Å². The van der Waals surface area contributed by atoms with Gasteiger partial charge in [0.15, 0.2) is 0 Å². The first-order chi connectivity index (χ1) is 17.6. The lowest BCUT2D eigenvalue weighted by Gasteiger charge is -2.26. The summed E-state index contributed by atoms with van der Waals surface area (Å²) >= 11 is 0. The Morgan fingerprint density at radius 1 is 0.722 bits per heavy atom. The molecular weight excluding hydrogens is 444 g/mol. The molecule has 3 heteroatoms. The molecule has 0 aromatic heterocycles. The van der Waals surface area contributed by atoms with E-state index in [0.717, 1.165) is 41.7 Å². The minimum absolute atomic E-state index is 0.0608.